The number of benzene rings is 3. The van der Waals surface area contributed by atoms with Crippen LogP contribution < -0.4 is 9.64 Å². The van der Waals surface area contributed by atoms with Gasteiger partial charge in [0, 0.05) is 11.8 Å². The molecular weight excluding hydrogens is 422 g/mol. The van der Waals surface area contributed by atoms with E-state index in [4.69, 9.17) is 4.74 Å². The lowest BCUT2D eigenvalue weighted by molar-refractivity contribution is -0.123. The Morgan fingerprint density at radius 3 is 1.76 bits per heavy atom. The molecule has 1 saturated heterocycles. The van der Waals surface area contributed by atoms with E-state index >= 15 is 0 Å². The summed E-state index contributed by atoms with van der Waals surface area (Å²) in [5, 5.41) is 0. The van der Waals surface area contributed by atoms with Crippen molar-refractivity contribution >= 4 is 23.1 Å². The van der Waals surface area contributed by atoms with E-state index < -0.39 is 0 Å². The average Bonchev–Trinajstić information content (AvgIpc) is 3.51. The zero-order valence-electron chi connectivity index (χ0n) is 18.9. The van der Waals surface area contributed by atoms with Crippen molar-refractivity contribution < 1.29 is 14.3 Å². The summed E-state index contributed by atoms with van der Waals surface area (Å²) in [5.41, 5.74) is 5.09. The van der Waals surface area contributed by atoms with Crippen molar-refractivity contribution in [2.45, 2.75) is 6.92 Å². The molecule has 1 aliphatic heterocycles. The number of rotatable bonds is 5. The first-order chi connectivity index (χ1) is 16.7. The van der Waals surface area contributed by atoms with E-state index in [-0.39, 0.29) is 35.5 Å². The minimum absolute atomic E-state index is 0.0916. The molecule has 2 fully saturated rings. The monoisotopic (exact) mass is 447 g/mol. The van der Waals surface area contributed by atoms with Crippen molar-refractivity contribution in [1.29, 1.82) is 0 Å². The standard InChI is InChI=1S/C30H25NO3/c1-2-34-24-16-10-9-15-23(24)31-29(32)27-21-17-18-22(28(27)30(31)33)26(21)25(19-11-5-3-6-12-19)20-13-7-4-8-14-20/h3-18,21-22,27-28H,2H2,1H3/t21-,22+,27-,28+. The van der Waals surface area contributed by atoms with E-state index in [1.807, 2.05) is 61.5 Å². The fourth-order valence-corrected chi connectivity index (χ4v) is 5.96. The molecule has 3 aromatic carbocycles. The maximum absolute atomic E-state index is 13.8. The Labute approximate surface area is 199 Å². The predicted octanol–water partition coefficient (Wildman–Crippen LogP) is 5.51. The maximum Gasteiger partial charge on any atom is 0.238 e. The molecule has 2 aliphatic carbocycles. The first kappa shape index (κ1) is 20.7. The highest BCUT2D eigenvalue weighted by Crippen LogP contribution is 2.59. The van der Waals surface area contributed by atoms with Gasteiger partial charge in [0.05, 0.1) is 24.1 Å². The molecule has 2 amide bonds. The summed E-state index contributed by atoms with van der Waals surface area (Å²) in [6, 6.07) is 27.9. The van der Waals surface area contributed by atoms with E-state index in [1.54, 1.807) is 6.07 Å². The molecule has 1 heterocycles. The molecule has 6 rings (SSSR count). The minimum atomic E-state index is -0.380. The van der Waals surface area contributed by atoms with Crippen LogP contribution in [0.15, 0.2) is 103 Å². The second kappa shape index (κ2) is 8.14. The van der Waals surface area contributed by atoms with Crippen LogP contribution in [0.25, 0.3) is 5.57 Å². The van der Waals surface area contributed by atoms with Crippen molar-refractivity contribution in [2.24, 2.45) is 23.7 Å². The summed E-state index contributed by atoms with van der Waals surface area (Å²) in [6.07, 6.45) is 4.27. The molecule has 2 bridgehead atoms. The smallest absolute Gasteiger partial charge is 0.238 e. The number of ether oxygens (including phenoxy) is 1. The largest absolute Gasteiger partial charge is 0.492 e. The lowest BCUT2D eigenvalue weighted by Gasteiger charge is -2.23. The van der Waals surface area contributed by atoms with Gasteiger partial charge in [0.15, 0.2) is 0 Å². The fraction of sp³-hybridized carbons (Fsp3) is 0.200. The summed E-state index contributed by atoms with van der Waals surface area (Å²) in [6.45, 7) is 2.37. The summed E-state index contributed by atoms with van der Waals surface area (Å²) in [7, 11) is 0. The lowest BCUT2D eigenvalue weighted by atomic mass is 9.85. The fourth-order valence-electron chi connectivity index (χ4n) is 5.96. The average molecular weight is 448 g/mol. The molecule has 3 aromatic rings. The number of carbonyl (C=O) groups excluding carboxylic acids is 2. The zero-order chi connectivity index (χ0) is 23.2. The van der Waals surface area contributed by atoms with Crippen molar-refractivity contribution in [2.75, 3.05) is 11.5 Å². The Morgan fingerprint density at radius 1 is 0.735 bits per heavy atom. The SMILES string of the molecule is CCOc1ccccc1N1C(=O)[C@@H]2[C@H](C1=O)[C@@H]1C=C[C@H]2C1=C(c1ccccc1)c1ccccc1. The summed E-state index contributed by atoms with van der Waals surface area (Å²) >= 11 is 0. The van der Waals surface area contributed by atoms with E-state index in [0.29, 0.717) is 18.0 Å². The van der Waals surface area contributed by atoms with Gasteiger partial charge in [-0.2, -0.15) is 0 Å². The Kier molecular flexibility index (Phi) is 4.95. The molecule has 34 heavy (non-hydrogen) atoms. The van der Waals surface area contributed by atoms with Crippen LogP contribution in [0.3, 0.4) is 0 Å². The van der Waals surface area contributed by atoms with Crippen molar-refractivity contribution in [3.63, 3.8) is 0 Å². The van der Waals surface area contributed by atoms with Crippen LogP contribution in [0.1, 0.15) is 18.1 Å². The molecule has 0 radical (unpaired) electrons. The summed E-state index contributed by atoms with van der Waals surface area (Å²) in [5.74, 6) is -0.632. The molecule has 1 saturated carbocycles. The number of para-hydroxylation sites is 2. The quantitative estimate of drug-likeness (QED) is 0.383. The highest BCUT2D eigenvalue weighted by molar-refractivity contribution is 6.24. The van der Waals surface area contributed by atoms with Crippen LogP contribution in [0.5, 0.6) is 5.75 Å². The zero-order valence-corrected chi connectivity index (χ0v) is 18.9. The van der Waals surface area contributed by atoms with Gasteiger partial charge in [-0.05, 0) is 41.3 Å². The Balaban J connectivity index is 1.47. The highest BCUT2D eigenvalue weighted by Gasteiger charge is 2.62. The molecule has 0 spiro atoms. The topological polar surface area (TPSA) is 46.6 Å². The van der Waals surface area contributed by atoms with Crippen molar-refractivity contribution in [1.82, 2.24) is 0 Å². The second-order valence-electron chi connectivity index (χ2n) is 8.96. The Hall–Kier alpha value is -3.92. The number of allylic oxidation sites excluding steroid dienone is 3. The first-order valence-electron chi connectivity index (χ1n) is 11.8. The van der Waals surface area contributed by atoms with Gasteiger partial charge in [0.2, 0.25) is 11.8 Å². The van der Waals surface area contributed by atoms with Gasteiger partial charge in [-0.3, -0.25) is 9.59 Å². The number of carbonyl (C=O) groups is 2. The normalized spacial score (nSPS) is 24.6. The third kappa shape index (κ3) is 2.98. The van der Waals surface area contributed by atoms with E-state index in [1.165, 1.54) is 10.5 Å². The molecule has 0 N–H and O–H groups in total. The van der Waals surface area contributed by atoms with Gasteiger partial charge in [-0.1, -0.05) is 84.9 Å². The highest BCUT2D eigenvalue weighted by atomic mass is 16.5. The van der Waals surface area contributed by atoms with Crippen LogP contribution in [0, 0.1) is 23.7 Å². The van der Waals surface area contributed by atoms with Gasteiger partial charge in [-0.25, -0.2) is 4.90 Å². The first-order valence-corrected chi connectivity index (χ1v) is 11.8. The third-order valence-corrected chi connectivity index (χ3v) is 7.24. The third-order valence-electron chi connectivity index (χ3n) is 7.24. The molecule has 0 aromatic heterocycles. The number of hydrogen-bond acceptors (Lipinski definition) is 3. The Bertz CT molecular complexity index is 1250. The van der Waals surface area contributed by atoms with Gasteiger partial charge in [0.1, 0.15) is 5.75 Å². The van der Waals surface area contributed by atoms with Gasteiger partial charge in [0.25, 0.3) is 0 Å². The number of amides is 2. The molecular formula is C30H25NO3. The summed E-state index contributed by atoms with van der Waals surface area (Å²) < 4.78 is 5.74. The van der Waals surface area contributed by atoms with E-state index in [0.717, 1.165) is 16.7 Å². The number of nitrogens with zero attached hydrogens (tertiary/aromatic N) is 1. The summed E-state index contributed by atoms with van der Waals surface area (Å²) in [4.78, 5) is 28.9. The van der Waals surface area contributed by atoms with Crippen LogP contribution in [-0.4, -0.2) is 18.4 Å². The molecule has 168 valence electrons. The van der Waals surface area contributed by atoms with Crippen molar-refractivity contribution in [3.05, 3.63) is 114 Å². The Morgan fingerprint density at radius 2 is 1.24 bits per heavy atom. The van der Waals surface area contributed by atoms with Crippen LogP contribution >= 0.6 is 0 Å². The predicted molar refractivity (Wildman–Crippen MR) is 132 cm³/mol. The second-order valence-corrected chi connectivity index (χ2v) is 8.96. The molecule has 4 heteroatoms. The van der Waals surface area contributed by atoms with Crippen LogP contribution in [0.4, 0.5) is 5.69 Å². The maximum atomic E-state index is 13.8. The van der Waals surface area contributed by atoms with Gasteiger partial charge >= 0.3 is 0 Å². The number of fused-ring (bicyclic) bond motifs is 5. The van der Waals surface area contributed by atoms with Crippen LogP contribution in [-0.2, 0) is 9.59 Å². The van der Waals surface area contributed by atoms with E-state index in [2.05, 4.69) is 36.4 Å². The van der Waals surface area contributed by atoms with Gasteiger partial charge < -0.3 is 4.74 Å². The molecule has 0 unspecified atom stereocenters. The molecule has 3 aliphatic rings. The number of anilines is 1. The minimum Gasteiger partial charge on any atom is -0.492 e. The molecule has 4 nitrogen and oxygen atoms in total. The number of imide groups is 1. The van der Waals surface area contributed by atoms with Crippen LogP contribution in [0.2, 0.25) is 0 Å². The van der Waals surface area contributed by atoms with Crippen molar-refractivity contribution in [3.8, 4) is 5.75 Å². The van der Waals surface area contributed by atoms with Gasteiger partial charge in [-0.15, -0.1) is 0 Å². The molecule has 4 atom stereocenters. The number of hydrogen-bond donors (Lipinski definition) is 0. The lowest BCUT2D eigenvalue weighted by Crippen LogP contribution is -2.33. The van der Waals surface area contributed by atoms with E-state index in [9.17, 15) is 9.59 Å².